The Morgan fingerprint density at radius 1 is 1.42 bits per heavy atom. The smallest absolute Gasteiger partial charge is 0.340 e. The number of aromatic nitrogens is 1. The second kappa shape index (κ2) is 4.87. The van der Waals surface area contributed by atoms with Crippen LogP contribution in [0.25, 0.3) is 0 Å². The van der Waals surface area contributed by atoms with Crippen molar-refractivity contribution < 1.29 is 9.53 Å². The Hall–Kier alpha value is -2.11. The maximum absolute atomic E-state index is 12.1. The monoisotopic (exact) mass is 260 g/mol. The number of hydrogen-bond donors (Lipinski definition) is 0. The molecule has 0 aliphatic carbocycles. The lowest BCUT2D eigenvalue weighted by atomic mass is 10.2. The highest BCUT2D eigenvalue weighted by molar-refractivity contribution is 5.78. The quantitative estimate of drug-likeness (QED) is 0.806. The van der Waals surface area contributed by atoms with Crippen LogP contribution in [0.4, 0.5) is 4.79 Å². The summed E-state index contributed by atoms with van der Waals surface area (Å²) in [4.78, 5) is 17.9. The highest BCUT2D eigenvalue weighted by Crippen LogP contribution is 2.20. The number of hydrazone groups is 1. The molecular weight excluding hydrogens is 244 g/mol. The van der Waals surface area contributed by atoms with Crippen molar-refractivity contribution in [3.05, 3.63) is 24.4 Å². The van der Waals surface area contributed by atoms with Gasteiger partial charge in [0.2, 0.25) is 5.88 Å². The van der Waals surface area contributed by atoms with E-state index in [-0.39, 0.29) is 18.2 Å². The van der Waals surface area contributed by atoms with E-state index in [0.717, 1.165) is 6.42 Å². The van der Waals surface area contributed by atoms with Gasteiger partial charge in [-0.05, 0) is 13.0 Å². The maximum Gasteiger partial charge on any atom is 0.340 e. The van der Waals surface area contributed by atoms with Gasteiger partial charge in [0.25, 0.3) is 0 Å². The van der Waals surface area contributed by atoms with Gasteiger partial charge in [0.05, 0.1) is 19.1 Å². The molecule has 100 valence electrons. The lowest BCUT2D eigenvalue weighted by Crippen LogP contribution is -2.59. The summed E-state index contributed by atoms with van der Waals surface area (Å²) in [5.41, 5.74) is 0. The number of ether oxygens (including phenoxy) is 1. The number of carbonyl (C=O) groups excluding carboxylic acids is 1. The number of nitrogens with zero attached hydrogens (tertiary/aromatic N) is 4. The van der Waals surface area contributed by atoms with Crippen LogP contribution < -0.4 is 4.74 Å². The van der Waals surface area contributed by atoms with Crippen LogP contribution in [0.5, 0.6) is 5.88 Å². The van der Waals surface area contributed by atoms with Crippen molar-refractivity contribution in [1.29, 1.82) is 0 Å². The summed E-state index contributed by atoms with van der Waals surface area (Å²) in [5.74, 6) is 0.604. The van der Waals surface area contributed by atoms with Crippen molar-refractivity contribution in [3.63, 3.8) is 0 Å². The number of pyridine rings is 1. The Morgan fingerprint density at radius 2 is 2.26 bits per heavy atom. The number of rotatable bonds is 2. The Morgan fingerprint density at radius 3 is 2.89 bits per heavy atom. The van der Waals surface area contributed by atoms with Crippen LogP contribution in [-0.4, -0.2) is 52.4 Å². The molecule has 1 fully saturated rings. The first-order valence-electron chi connectivity index (χ1n) is 6.42. The Balaban J connectivity index is 1.50. The van der Waals surface area contributed by atoms with E-state index in [1.165, 1.54) is 5.01 Å². The van der Waals surface area contributed by atoms with Gasteiger partial charge in [-0.1, -0.05) is 6.07 Å². The summed E-state index contributed by atoms with van der Waals surface area (Å²) in [6.45, 7) is 3.18. The molecule has 6 nitrogen and oxygen atoms in total. The Kier molecular flexibility index (Phi) is 3.06. The van der Waals surface area contributed by atoms with E-state index in [1.807, 2.05) is 25.1 Å². The zero-order valence-electron chi connectivity index (χ0n) is 10.8. The van der Waals surface area contributed by atoms with Crippen molar-refractivity contribution >= 4 is 12.2 Å². The second-order valence-electron chi connectivity index (χ2n) is 4.82. The highest BCUT2D eigenvalue weighted by atomic mass is 16.5. The molecule has 1 atom stereocenters. The first-order chi connectivity index (χ1) is 9.24. The molecule has 2 amide bonds. The minimum atomic E-state index is -0.0397. The molecule has 1 unspecified atom stereocenters. The van der Waals surface area contributed by atoms with Gasteiger partial charge >= 0.3 is 6.03 Å². The average Bonchev–Trinajstić information content (AvgIpc) is 2.80. The minimum absolute atomic E-state index is 0.0285. The van der Waals surface area contributed by atoms with E-state index in [4.69, 9.17) is 4.74 Å². The SMILES string of the molecule is CC1CC=NN1C(=O)N1CC(Oc2ccccn2)C1. The van der Waals surface area contributed by atoms with Crippen LogP contribution in [0.2, 0.25) is 0 Å². The van der Waals surface area contributed by atoms with Gasteiger partial charge in [0.1, 0.15) is 6.10 Å². The fraction of sp³-hybridized carbons (Fsp3) is 0.462. The largest absolute Gasteiger partial charge is 0.471 e. The van der Waals surface area contributed by atoms with Gasteiger partial charge in [-0.2, -0.15) is 5.10 Å². The molecule has 0 aromatic carbocycles. The number of hydrogen-bond acceptors (Lipinski definition) is 4. The average molecular weight is 260 g/mol. The molecular formula is C13H16N4O2. The van der Waals surface area contributed by atoms with Crippen molar-refractivity contribution in [1.82, 2.24) is 14.9 Å². The first-order valence-corrected chi connectivity index (χ1v) is 6.42. The van der Waals surface area contributed by atoms with Gasteiger partial charge in [-0.3, -0.25) is 0 Å². The Labute approximate surface area is 111 Å². The van der Waals surface area contributed by atoms with Crippen LogP contribution in [0.1, 0.15) is 13.3 Å². The molecule has 0 radical (unpaired) electrons. The maximum atomic E-state index is 12.1. The molecule has 3 heterocycles. The third-order valence-electron chi connectivity index (χ3n) is 3.31. The number of likely N-dealkylation sites (tertiary alicyclic amines) is 1. The van der Waals surface area contributed by atoms with E-state index < -0.39 is 0 Å². The van der Waals surface area contributed by atoms with Crippen molar-refractivity contribution in [3.8, 4) is 5.88 Å². The lowest BCUT2D eigenvalue weighted by molar-refractivity contribution is 0.0262. The summed E-state index contributed by atoms with van der Waals surface area (Å²) < 4.78 is 5.66. The predicted molar refractivity (Wildman–Crippen MR) is 70.0 cm³/mol. The minimum Gasteiger partial charge on any atom is -0.471 e. The summed E-state index contributed by atoms with van der Waals surface area (Å²) in [6.07, 6.45) is 4.33. The van der Waals surface area contributed by atoms with Crippen molar-refractivity contribution in [2.75, 3.05) is 13.1 Å². The van der Waals surface area contributed by atoms with E-state index >= 15 is 0 Å². The zero-order valence-corrected chi connectivity index (χ0v) is 10.8. The van der Waals surface area contributed by atoms with Gasteiger partial charge in [-0.25, -0.2) is 14.8 Å². The van der Waals surface area contributed by atoms with Crippen LogP contribution in [-0.2, 0) is 0 Å². The first kappa shape index (κ1) is 12.0. The normalized spacial score (nSPS) is 22.5. The Bertz CT molecular complexity index is 485. The molecule has 19 heavy (non-hydrogen) atoms. The van der Waals surface area contributed by atoms with E-state index in [9.17, 15) is 4.79 Å². The summed E-state index contributed by atoms with van der Waals surface area (Å²) in [7, 11) is 0. The summed E-state index contributed by atoms with van der Waals surface area (Å²) in [5, 5.41) is 5.63. The molecule has 0 saturated carbocycles. The lowest BCUT2D eigenvalue weighted by Gasteiger charge is -2.40. The van der Waals surface area contributed by atoms with Crippen LogP contribution in [0, 0.1) is 0 Å². The van der Waals surface area contributed by atoms with Crippen molar-refractivity contribution in [2.24, 2.45) is 5.10 Å². The molecule has 0 N–H and O–H groups in total. The van der Waals surface area contributed by atoms with Gasteiger partial charge in [-0.15, -0.1) is 0 Å². The molecule has 6 heteroatoms. The molecule has 1 aromatic heterocycles. The fourth-order valence-electron chi connectivity index (χ4n) is 2.14. The van der Waals surface area contributed by atoms with E-state index in [1.54, 1.807) is 17.3 Å². The van der Waals surface area contributed by atoms with E-state index in [0.29, 0.717) is 19.0 Å². The fourth-order valence-corrected chi connectivity index (χ4v) is 2.14. The zero-order chi connectivity index (χ0) is 13.2. The molecule has 2 aliphatic heterocycles. The third-order valence-corrected chi connectivity index (χ3v) is 3.31. The second-order valence-corrected chi connectivity index (χ2v) is 4.82. The summed E-state index contributed by atoms with van der Waals surface area (Å²) >= 11 is 0. The molecule has 2 aliphatic rings. The van der Waals surface area contributed by atoms with E-state index in [2.05, 4.69) is 10.1 Å². The van der Waals surface area contributed by atoms with Gasteiger partial charge in [0.15, 0.2) is 0 Å². The van der Waals surface area contributed by atoms with Crippen LogP contribution in [0.15, 0.2) is 29.5 Å². The molecule has 0 spiro atoms. The molecule has 0 bridgehead atoms. The standard InChI is InChI=1S/C13H16N4O2/c1-10-5-7-15-17(10)13(18)16-8-11(9-16)19-12-4-2-3-6-14-12/h2-4,6-7,10-11H,5,8-9H2,1H3. The number of urea groups is 1. The number of amides is 2. The third kappa shape index (κ3) is 2.38. The van der Waals surface area contributed by atoms with Crippen LogP contribution in [0.3, 0.4) is 0 Å². The van der Waals surface area contributed by atoms with Crippen molar-refractivity contribution in [2.45, 2.75) is 25.5 Å². The number of carbonyl (C=O) groups is 1. The predicted octanol–water partition coefficient (Wildman–Crippen LogP) is 1.34. The molecule has 1 saturated heterocycles. The highest BCUT2D eigenvalue weighted by Gasteiger charge is 2.37. The molecule has 1 aromatic rings. The van der Waals surface area contributed by atoms with Crippen LogP contribution >= 0.6 is 0 Å². The molecule has 3 rings (SSSR count). The topological polar surface area (TPSA) is 58.0 Å². The van der Waals surface area contributed by atoms with Gasteiger partial charge < -0.3 is 9.64 Å². The summed E-state index contributed by atoms with van der Waals surface area (Å²) in [6, 6.07) is 5.66. The van der Waals surface area contributed by atoms with Gasteiger partial charge in [0, 0.05) is 24.9 Å².